The van der Waals surface area contributed by atoms with Gasteiger partial charge in [-0.25, -0.2) is 9.37 Å². The molecule has 1 aliphatic carbocycles. The molecule has 2 nitrogen and oxygen atoms in total. The molecule has 2 aromatic rings. The quantitative estimate of drug-likeness (QED) is 0.736. The average molecular weight is 353 g/mol. The Kier molecular flexibility index (Phi) is 3.98. The summed E-state index contributed by atoms with van der Waals surface area (Å²) in [4.78, 5) is 7.78. The van der Waals surface area contributed by atoms with E-state index < -0.39 is 0 Å². The second-order valence-electron chi connectivity index (χ2n) is 5.11. The summed E-state index contributed by atoms with van der Waals surface area (Å²) in [5.41, 5.74) is 1.98. The number of rotatable bonds is 2. The number of halogens is 2. The van der Waals surface area contributed by atoms with E-state index in [2.05, 4.69) is 25.9 Å². The van der Waals surface area contributed by atoms with E-state index >= 15 is 0 Å². The van der Waals surface area contributed by atoms with Crippen LogP contribution in [0.5, 0.6) is 0 Å². The molecule has 1 aromatic carbocycles. The van der Waals surface area contributed by atoms with Crippen molar-refractivity contribution in [1.29, 1.82) is 0 Å². The Bertz CT molecular complexity index is 675. The largest absolute Gasteiger partial charge is 0.342 e. The van der Waals surface area contributed by atoms with Gasteiger partial charge in [-0.2, -0.15) is 0 Å². The minimum Gasteiger partial charge on any atom is -0.342 e. The van der Waals surface area contributed by atoms with Gasteiger partial charge < -0.3 is 4.98 Å². The lowest BCUT2D eigenvalue weighted by atomic mass is 10.0. The van der Waals surface area contributed by atoms with Gasteiger partial charge in [-0.15, -0.1) is 0 Å². The van der Waals surface area contributed by atoms with Crippen LogP contribution < -0.4 is 0 Å². The van der Waals surface area contributed by atoms with Crippen LogP contribution in [-0.4, -0.2) is 9.97 Å². The Hall–Kier alpha value is -1.07. The van der Waals surface area contributed by atoms with Crippen LogP contribution in [-0.2, 0) is 0 Å². The number of benzene rings is 1. The number of hydrogen-bond acceptors (Lipinski definition) is 2. The summed E-state index contributed by atoms with van der Waals surface area (Å²) in [6.45, 7) is 0. The highest BCUT2D eigenvalue weighted by atomic mass is 79.9. The predicted molar refractivity (Wildman–Crippen MR) is 83.7 cm³/mol. The van der Waals surface area contributed by atoms with Gasteiger partial charge in [0.25, 0.3) is 0 Å². The molecule has 1 heterocycles. The van der Waals surface area contributed by atoms with Crippen LogP contribution in [0.4, 0.5) is 4.39 Å². The Balaban J connectivity index is 2.08. The molecule has 1 fully saturated rings. The molecule has 0 spiro atoms. The number of aromatic amines is 1. The first kappa shape index (κ1) is 13.9. The van der Waals surface area contributed by atoms with Gasteiger partial charge in [0.1, 0.15) is 16.3 Å². The van der Waals surface area contributed by atoms with Crippen molar-refractivity contribution in [3.05, 3.63) is 44.9 Å². The number of nitrogens with zero attached hydrogens (tertiary/aromatic N) is 1. The fourth-order valence-electron chi connectivity index (χ4n) is 2.72. The van der Waals surface area contributed by atoms with E-state index in [-0.39, 0.29) is 5.82 Å². The van der Waals surface area contributed by atoms with Gasteiger partial charge in [0.05, 0.1) is 4.47 Å². The molecule has 5 heteroatoms. The maximum atomic E-state index is 13.0. The van der Waals surface area contributed by atoms with Crippen LogP contribution in [0, 0.1) is 10.5 Å². The third-order valence-corrected chi connectivity index (χ3v) is 5.13. The number of hydrogen-bond donors (Lipinski definition) is 1. The Morgan fingerprint density at radius 3 is 2.50 bits per heavy atom. The summed E-state index contributed by atoms with van der Waals surface area (Å²) in [7, 11) is 0. The molecule has 1 aromatic heterocycles. The molecule has 0 aliphatic heterocycles. The maximum absolute atomic E-state index is 13.0. The summed E-state index contributed by atoms with van der Waals surface area (Å²) in [5.74, 6) is 0.967. The first-order valence-electron chi connectivity index (χ1n) is 6.71. The van der Waals surface area contributed by atoms with Crippen molar-refractivity contribution in [2.75, 3.05) is 0 Å². The zero-order valence-electron chi connectivity index (χ0n) is 10.8. The average Bonchev–Trinajstić information content (AvgIpc) is 2.96. The van der Waals surface area contributed by atoms with Crippen LogP contribution in [0.15, 0.2) is 28.7 Å². The van der Waals surface area contributed by atoms with Crippen LogP contribution in [0.3, 0.4) is 0 Å². The monoisotopic (exact) mass is 352 g/mol. The lowest BCUT2D eigenvalue weighted by Gasteiger charge is -2.14. The third kappa shape index (κ3) is 2.69. The Morgan fingerprint density at radius 1 is 1.20 bits per heavy atom. The van der Waals surface area contributed by atoms with Crippen LogP contribution in [0.1, 0.15) is 37.3 Å². The van der Waals surface area contributed by atoms with Crippen molar-refractivity contribution >= 4 is 28.1 Å². The van der Waals surface area contributed by atoms with E-state index in [1.807, 2.05) is 0 Å². The second kappa shape index (κ2) is 5.74. The zero-order chi connectivity index (χ0) is 14.1. The predicted octanol–water partition coefficient (Wildman–Crippen LogP) is 5.37. The van der Waals surface area contributed by atoms with Gasteiger partial charge in [-0.05, 0) is 53.0 Å². The van der Waals surface area contributed by atoms with E-state index in [9.17, 15) is 4.39 Å². The molecule has 0 bridgehead atoms. The first-order valence-corrected chi connectivity index (χ1v) is 7.91. The molecule has 0 amide bonds. The smallest absolute Gasteiger partial charge is 0.144 e. The molecular weight excluding hydrogens is 339 g/mol. The molecule has 104 valence electrons. The Morgan fingerprint density at radius 2 is 1.85 bits per heavy atom. The molecular formula is C15H14BrFN2S. The minimum atomic E-state index is -0.250. The fourth-order valence-corrected chi connectivity index (χ4v) is 3.43. The number of aromatic nitrogens is 2. The summed E-state index contributed by atoms with van der Waals surface area (Å²) in [5, 5.41) is 0. The van der Waals surface area contributed by atoms with Crippen molar-refractivity contribution in [1.82, 2.24) is 9.97 Å². The van der Waals surface area contributed by atoms with E-state index in [1.54, 1.807) is 12.1 Å². The van der Waals surface area contributed by atoms with Gasteiger partial charge in [0.15, 0.2) is 0 Å². The van der Waals surface area contributed by atoms with E-state index in [4.69, 9.17) is 12.2 Å². The van der Waals surface area contributed by atoms with Crippen molar-refractivity contribution in [3.8, 4) is 11.4 Å². The third-order valence-electron chi connectivity index (χ3n) is 3.77. The first-order chi connectivity index (χ1) is 9.65. The van der Waals surface area contributed by atoms with Crippen molar-refractivity contribution in [3.63, 3.8) is 0 Å². The van der Waals surface area contributed by atoms with Crippen LogP contribution >= 0.6 is 28.1 Å². The lowest BCUT2D eigenvalue weighted by Crippen LogP contribution is -2.02. The van der Waals surface area contributed by atoms with Gasteiger partial charge in [-0.1, -0.05) is 25.1 Å². The molecule has 3 rings (SSSR count). The molecule has 0 unspecified atom stereocenters. The summed E-state index contributed by atoms with van der Waals surface area (Å²) >= 11 is 8.89. The Labute approximate surface area is 130 Å². The number of H-pyrrole nitrogens is 1. The number of nitrogens with one attached hydrogen (secondary N) is 1. The topological polar surface area (TPSA) is 28.7 Å². The summed E-state index contributed by atoms with van der Waals surface area (Å²) in [6.07, 6.45) is 4.87. The van der Waals surface area contributed by atoms with E-state index in [0.717, 1.165) is 15.7 Å². The maximum Gasteiger partial charge on any atom is 0.144 e. The van der Waals surface area contributed by atoms with Crippen molar-refractivity contribution in [2.45, 2.75) is 31.6 Å². The zero-order valence-corrected chi connectivity index (χ0v) is 13.2. The van der Waals surface area contributed by atoms with E-state index in [1.165, 1.54) is 37.8 Å². The highest BCUT2D eigenvalue weighted by Crippen LogP contribution is 2.37. The van der Waals surface area contributed by atoms with Gasteiger partial charge >= 0.3 is 0 Å². The van der Waals surface area contributed by atoms with Gasteiger partial charge in [-0.3, -0.25) is 0 Å². The van der Waals surface area contributed by atoms with Crippen molar-refractivity contribution in [2.24, 2.45) is 0 Å². The minimum absolute atomic E-state index is 0.250. The molecule has 0 saturated heterocycles. The highest BCUT2D eigenvalue weighted by Gasteiger charge is 2.21. The molecule has 20 heavy (non-hydrogen) atoms. The molecule has 1 saturated carbocycles. The fraction of sp³-hybridized carbons (Fsp3) is 0.333. The summed E-state index contributed by atoms with van der Waals surface area (Å²) < 4.78 is 14.5. The normalized spacial score (nSPS) is 15.7. The standard InChI is InChI=1S/C15H14BrFN2S/c16-12-13(9-3-1-2-4-9)18-14(19-15(12)20)10-5-7-11(17)8-6-10/h5-9H,1-4H2,(H,18,19,20). The molecule has 1 aliphatic rings. The molecule has 0 radical (unpaired) electrons. The van der Waals surface area contributed by atoms with Gasteiger partial charge in [0, 0.05) is 17.2 Å². The van der Waals surface area contributed by atoms with Crippen LogP contribution in [0.2, 0.25) is 0 Å². The van der Waals surface area contributed by atoms with Gasteiger partial charge in [0.2, 0.25) is 0 Å². The van der Waals surface area contributed by atoms with Crippen molar-refractivity contribution < 1.29 is 4.39 Å². The molecule has 1 N–H and O–H groups in total. The highest BCUT2D eigenvalue weighted by molar-refractivity contribution is 9.10. The van der Waals surface area contributed by atoms with E-state index in [0.29, 0.717) is 16.4 Å². The summed E-state index contributed by atoms with van der Waals surface area (Å²) in [6, 6.07) is 6.31. The SMILES string of the molecule is Fc1ccc(-c2nc(=S)c(Br)c(C3CCCC3)[nH]2)cc1. The second-order valence-corrected chi connectivity index (χ2v) is 6.29. The molecule has 0 atom stereocenters. The lowest BCUT2D eigenvalue weighted by molar-refractivity contribution is 0.628. The van der Waals surface area contributed by atoms with Crippen LogP contribution in [0.25, 0.3) is 11.4 Å².